The third-order valence-electron chi connectivity index (χ3n) is 3.77. The zero-order valence-electron chi connectivity index (χ0n) is 14.0. The largest absolute Gasteiger partial charge is 0.453 e. The van der Waals surface area contributed by atoms with E-state index < -0.39 is 0 Å². The van der Waals surface area contributed by atoms with Crippen molar-refractivity contribution < 1.29 is 13.9 Å². The van der Waals surface area contributed by atoms with Crippen LogP contribution >= 0.6 is 0 Å². The number of amides is 1. The summed E-state index contributed by atoms with van der Waals surface area (Å²) in [4.78, 5) is 22.8. The summed E-state index contributed by atoms with van der Waals surface area (Å²) in [6, 6.07) is 5.17. The molecule has 0 bridgehead atoms. The molecule has 0 aliphatic carbocycles. The topological polar surface area (TPSA) is 80.5 Å². The molecule has 0 radical (unpaired) electrons. The molecule has 0 saturated carbocycles. The van der Waals surface area contributed by atoms with Crippen LogP contribution < -0.4 is 10.2 Å². The Hall–Kier alpha value is -2.41. The van der Waals surface area contributed by atoms with Crippen LogP contribution in [-0.4, -0.2) is 35.1 Å². The Morgan fingerprint density at radius 3 is 2.88 bits per heavy atom. The van der Waals surface area contributed by atoms with Crippen molar-refractivity contribution in [2.75, 3.05) is 23.3 Å². The van der Waals surface area contributed by atoms with E-state index in [0.717, 1.165) is 18.9 Å². The Balaban J connectivity index is 1.63. The second-order valence-electron chi connectivity index (χ2n) is 6.04. The molecular formula is C17H22N4O3. The van der Waals surface area contributed by atoms with Gasteiger partial charge in [-0.2, -0.15) is 0 Å². The maximum absolute atomic E-state index is 12.3. The minimum absolute atomic E-state index is 0.109. The predicted octanol–water partition coefficient (Wildman–Crippen LogP) is 2.85. The first-order valence-corrected chi connectivity index (χ1v) is 8.20. The predicted molar refractivity (Wildman–Crippen MR) is 90.1 cm³/mol. The van der Waals surface area contributed by atoms with Gasteiger partial charge < -0.3 is 19.4 Å². The summed E-state index contributed by atoms with van der Waals surface area (Å²) in [6.45, 7) is 6.22. The van der Waals surface area contributed by atoms with E-state index in [1.165, 1.54) is 19.2 Å². The number of rotatable bonds is 6. The van der Waals surface area contributed by atoms with Crippen LogP contribution in [0.15, 0.2) is 28.9 Å². The summed E-state index contributed by atoms with van der Waals surface area (Å²) >= 11 is 0. The fraction of sp³-hybridized carbons (Fsp3) is 0.471. The van der Waals surface area contributed by atoms with Gasteiger partial charge in [-0.3, -0.25) is 4.79 Å². The van der Waals surface area contributed by atoms with Gasteiger partial charge in [-0.1, -0.05) is 0 Å². The maximum atomic E-state index is 12.3. The molecule has 0 unspecified atom stereocenters. The minimum Gasteiger partial charge on any atom is -0.453 e. The third kappa shape index (κ3) is 4.11. The van der Waals surface area contributed by atoms with E-state index in [4.69, 9.17) is 9.15 Å². The first-order chi connectivity index (χ1) is 11.6. The number of ether oxygens (including phenoxy) is 1. The zero-order valence-corrected chi connectivity index (χ0v) is 14.0. The lowest BCUT2D eigenvalue weighted by Crippen LogP contribution is -2.20. The van der Waals surface area contributed by atoms with Gasteiger partial charge in [0.1, 0.15) is 30.3 Å². The second kappa shape index (κ2) is 7.44. The fourth-order valence-electron chi connectivity index (χ4n) is 2.54. The van der Waals surface area contributed by atoms with Crippen molar-refractivity contribution in [3.05, 3.63) is 36.0 Å². The van der Waals surface area contributed by atoms with Crippen molar-refractivity contribution in [1.29, 1.82) is 0 Å². The van der Waals surface area contributed by atoms with Crippen molar-refractivity contribution in [1.82, 2.24) is 9.97 Å². The molecule has 24 heavy (non-hydrogen) atoms. The lowest BCUT2D eigenvalue weighted by molar-refractivity contribution is 0.0537. The molecule has 0 aromatic carbocycles. The summed E-state index contributed by atoms with van der Waals surface area (Å²) in [7, 11) is 0. The van der Waals surface area contributed by atoms with E-state index in [1.807, 2.05) is 13.8 Å². The average Bonchev–Trinajstić information content (AvgIpc) is 3.25. The number of nitrogens with one attached hydrogen (secondary N) is 1. The highest BCUT2D eigenvalue weighted by Gasteiger charge is 2.16. The summed E-state index contributed by atoms with van der Waals surface area (Å²) in [5.41, 5.74) is 0. The quantitative estimate of drug-likeness (QED) is 0.877. The molecule has 3 heterocycles. The molecule has 0 spiro atoms. The molecule has 2 aromatic heterocycles. The van der Waals surface area contributed by atoms with Gasteiger partial charge in [-0.15, -0.1) is 0 Å². The van der Waals surface area contributed by atoms with Crippen molar-refractivity contribution in [2.45, 2.75) is 39.4 Å². The van der Waals surface area contributed by atoms with Crippen molar-refractivity contribution >= 4 is 17.5 Å². The van der Waals surface area contributed by atoms with Crippen LogP contribution in [0.2, 0.25) is 0 Å². The standard InChI is InChI=1S/C17H22N4O3/c1-12(2)23-10-13-5-6-14(24-13)17(22)20-15-9-16(19-11-18-15)21-7-3-4-8-21/h5-6,9,11-12H,3-4,7-8,10H2,1-2H3,(H,18,19,20,22). The number of carbonyl (C=O) groups excluding carboxylic acids is 1. The van der Waals surface area contributed by atoms with Crippen LogP contribution in [0.3, 0.4) is 0 Å². The Morgan fingerprint density at radius 1 is 1.33 bits per heavy atom. The van der Waals surface area contributed by atoms with Gasteiger partial charge in [0.05, 0.1) is 6.10 Å². The fourth-order valence-corrected chi connectivity index (χ4v) is 2.54. The summed E-state index contributed by atoms with van der Waals surface area (Å²) in [5.74, 6) is 1.82. The molecule has 2 aromatic rings. The smallest absolute Gasteiger partial charge is 0.292 e. The molecule has 1 aliphatic heterocycles. The molecule has 1 saturated heterocycles. The Labute approximate surface area is 141 Å². The highest BCUT2D eigenvalue weighted by Crippen LogP contribution is 2.20. The maximum Gasteiger partial charge on any atom is 0.292 e. The highest BCUT2D eigenvalue weighted by molar-refractivity contribution is 6.01. The first-order valence-electron chi connectivity index (χ1n) is 8.20. The molecular weight excluding hydrogens is 308 g/mol. The Bertz CT molecular complexity index is 693. The number of hydrogen-bond acceptors (Lipinski definition) is 6. The minimum atomic E-state index is -0.336. The van der Waals surface area contributed by atoms with Crippen molar-refractivity contribution in [2.24, 2.45) is 0 Å². The molecule has 1 N–H and O–H groups in total. The van der Waals surface area contributed by atoms with Crippen LogP contribution in [0.4, 0.5) is 11.6 Å². The lowest BCUT2D eigenvalue weighted by atomic mass is 10.4. The van der Waals surface area contributed by atoms with Crippen LogP contribution in [-0.2, 0) is 11.3 Å². The SMILES string of the molecule is CC(C)OCc1ccc(C(=O)Nc2cc(N3CCCC3)ncn2)o1. The number of carbonyl (C=O) groups is 1. The Morgan fingerprint density at radius 2 is 2.12 bits per heavy atom. The van der Waals surface area contributed by atoms with Crippen LogP contribution in [0.1, 0.15) is 43.0 Å². The van der Waals surface area contributed by atoms with E-state index in [2.05, 4.69) is 20.2 Å². The summed E-state index contributed by atoms with van der Waals surface area (Å²) in [6.07, 6.45) is 3.91. The van der Waals surface area contributed by atoms with E-state index in [0.29, 0.717) is 18.2 Å². The monoisotopic (exact) mass is 330 g/mol. The van der Waals surface area contributed by atoms with Gasteiger partial charge in [0, 0.05) is 19.2 Å². The molecule has 1 aliphatic rings. The lowest BCUT2D eigenvalue weighted by Gasteiger charge is -2.16. The van der Waals surface area contributed by atoms with Crippen LogP contribution in [0.25, 0.3) is 0 Å². The molecule has 0 atom stereocenters. The van der Waals surface area contributed by atoms with Gasteiger partial charge >= 0.3 is 0 Å². The van der Waals surface area contributed by atoms with Crippen molar-refractivity contribution in [3.63, 3.8) is 0 Å². The third-order valence-corrected chi connectivity index (χ3v) is 3.77. The molecule has 3 rings (SSSR count). The molecule has 7 nitrogen and oxygen atoms in total. The molecule has 1 fully saturated rings. The van der Waals surface area contributed by atoms with E-state index in [-0.39, 0.29) is 17.8 Å². The van der Waals surface area contributed by atoms with Gasteiger partial charge in [0.15, 0.2) is 5.76 Å². The normalized spacial score (nSPS) is 14.4. The van der Waals surface area contributed by atoms with E-state index in [1.54, 1.807) is 18.2 Å². The number of nitrogens with zero attached hydrogens (tertiary/aromatic N) is 3. The van der Waals surface area contributed by atoms with Gasteiger partial charge in [0.2, 0.25) is 0 Å². The van der Waals surface area contributed by atoms with Gasteiger partial charge in [0.25, 0.3) is 5.91 Å². The summed E-state index contributed by atoms with van der Waals surface area (Å²) < 4.78 is 11.0. The summed E-state index contributed by atoms with van der Waals surface area (Å²) in [5, 5.41) is 2.75. The van der Waals surface area contributed by atoms with Gasteiger partial charge in [-0.25, -0.2) is 9.97 Å². The zero-order chi connectivity index (χ0) is 16.9. The molecule has 128 valence electrons. The molecule has 1 amide bonds. The van der Waals surface area contributed by atoms with E-state index >= 15 is 0 Å². The first kappa shape index (κ1) is 16.4. The van der Waals surface area contributed by atoms with Crippen molar-refractivity contribution in [3.8, 4) is 0 Å². The van der Waals surface area contributed by atoms with Gasteiger partial charge in [-0.05, 0) is 38.8 Å². The van der Waals surface area contributed by atoms with E-state index in [9.17, 15) is 4.79 Å². The average molecular weight is 330 g/mol. The number of anilines is 2. The number of aromatic nitrogens is 2. The highest BCUT2D eigenvalue weighted by atomic mass is 16.5. The number of furan rings is 1. The van der Waals surface area contributed by atoms with Crippen LogP contribution in [0.5, 0.6) is 0 Å². The second-order valence-corrected chi connectivity index (χ2v) is 6.04. The molecule has 7 heteroatoms. The Kier molecular flexibility index (Phi) is 5.10. The number of hydrogen-bond donors (Lipinski definition) is 1. The van der Waals surface area contributed by atoms with Crippen LogP contribution in [0, 0.1) is 0 Å².